The maximum Gasteiger partial charge on any atom is 0.0716 e. The van der Waals surface area contributed by atoms with Gasteiger partial charge in [-0.25, -0.2) is 0 Å². The standard InChI is InChI=1S/C15H26N2/c1-4-7-13(5-2)17-14-8-6-9-15(17)11-12(10-14)16-3/h2,12-16H,4,6-11H2,1,3H3. The lowest BCUT2D eigenvalue weighted by Crippen LogP contribution is -2.58. The van der Waals surface area contributed by atoms with Crippen LogP contribution in [0.25, 0.3) is 0 Å². The Balaban J connectivity index is 2.09. The Kier molecular flexibility index (Phi) is 4.48. The predicted octanol–water partition coefficient (Wildman–Crippen LogP) is 2.39. The van der Waals surface area contributed by atoms with Gasteiger partial charge in [0.05, 0.1) is 6.04 Å². The average molecular weight is 234 g/mol. The van der Waals surface area contributed by atoms with Gasteiger partial charge in [-0.1, -0.05) is 25.7 Å². The van der Waals surface area contributed by atoms with Crippen LogP contribution < -0.4 is 5.32 Å². The molecule has 0 spiro atoms. The van der Waals surface area contributed by atoms with E-state index in [1.807, 2.05) is 0 Å². The number of nitrogens with one attached hydrogen (secondary N) is 1. The first-order chi connectivity index (χ1) is 8.30. The van der Waals surface area contributed by atoms with Crippen molar-refractivity contribution < 1.29 is 0 Å². The molecule has 3 unspecified atom stereocenters. The molecule has 0 aliphatic carbocycles. The van der Waals surface area contributed by atoms with Gasteiger partial charge < -0.3 is 5.32 Å². The van der Waals surface area contributed by atoms with E-state index in [4.69, 9.17) is 6.42 Å². The molecule has 2 heteroatoms. The topological polar surface area (TPSA) is 15.3 Å². The Hall–Kier alpha value is -0.520. The first-order valence-corrected chi connectivity index (χ1v) is 7.21. The molecule has 0 amide bonds. The zero-order valence-electron chi connectivity index (χ0n) is 11.3. The molecule has 0 aromatic carbocycles. The zero-order chi connectivity index (χ0) is 12.3. The third-order valence-corrected chi connectivity index (χ3v) is 4.55. The van der Waals surface area contributed by atoms with Gasteiger partial charge in [0.15, 0.2) is 0 Å². The van der Waals surface area contributed by atoms with Crippen molar-refractivity contribution in [1.82, 2.24) is 10.2 Å². The summed E-state index contributed by atoms with van der Waals surface area (Å²) < 4.78 is 0. The number of nitrogens with zero attached hydrogens (tertiary/aromatic N) is 1. The van der Waals surface area contributed by atoms with Crippen molar-refractivity contribution in [3.63, 3.8) is 0 Å². The number of fused-ring (bicyclic) bond motifs is 2. The van der Waals surface area contributed by atoms with Crippen LogP contribution in [0.2, 0.25) is 0 Å². The Bertz CT molecular complexity index is 267. The van der Waals surface area contributed by atoms with Crippen molar-refractivity contribution in [2.24, 2.45) is 0 Å². The van der Waals surface area contributed by atoms with Gasteiger partial charge in [0, 0.05) is 18.1 Å². The molecule has 3 atom stereocenters. The molecule has 2 heterocycles. The van der Waals surface area contributed by atoms with Crippen LogP contribution >= 0.6 is 0 Å². The van der Waals surface area contributed by atoms with Crippen LogP contribution in [0.1, 0.15) is 51.9 Å². The first kappa shape index (κ1) is 12.9. The summed E-state index contributed by atoms with van der Waals surface area (Å²) in [5.41, 5.74) is 0. The van der Waals surface area contributed by atoms with Crippen LogP contribution in [0.5, 0.6) is 0 Å². The van der Waals surface area contributed by atoms with E-state index in [-0.39, 0.29) is 0 Å². The van der Waals surface area contributed by atoms with Crippen LogP contribution in [-0.2, 0) is 0 Å². The molecule has 2 saturated heterocycles. The van der Waals surface area contributed by atoms with Gasteiger partial charge in [0.25, 0.3) is 0 Å². The van der Waals surface area contributed by atoms with E-state index in [9.17, 15) is 0 Å². The lowest BCUT2D eigenvalue weighted by atomic mass is 9.80. The van der Waals surface area contributed by atoms with Crippen LogP contribution in [-0.4, -0.2) is 36.1 Å². The molecule has 0 aromatic rings. The molecule has 96 valence electrons. The summed E-state index contributed by atoms with van der Waals surface area (Å²) in [6.45, 7) is 2.24. The number of hydrogen-bond donors (Lipinski definition) is 1. The van der Waals surface area contributed by atoms with E-state index >= 15 is 0 Å². The summed E-state index contributed by atoms with van der Waals surface area (Å²) in [5, 5.41) is 3.46. The molecule has 0 radical (unpaired) electrons. The van der Waals surface area contributed by atoms with Gasteiger partial charge in [-0.3, -0.25) is 4.90 Å². The van der Waals surface area contributed by atoms with Crippen molar-refractivity contribution in [3.8, 4) is 12.3 Å². The minimum absolute atomic E-state index is 0.383. The summed E-state index contributed by atoms with van der Waals surface area (Å²) in [7, 11) is 2.10. The SMILES string of the molecule is C#CC(CCC)N1C2CCCC1CC(NC)C2. The van der Waals surface area contributed by atoms with Crippen molar-refractivity contribution in [2.45, 2.75) is 76.0 Å². The molecule has 2 aliphatic heterocycles. The molecule has 17 heavy (non-hydrogen) atoms. The Morgan fingerprint density at radius 2 is 2.00 bits per heavy atom. The van der Waals surface area contributed by atoms with E-state index in [1.54, 1.807) is 0 Å². The van der Waals surface area contributed by atoms with Crippen molar-refractivity contribution in [3.05, 3.63) is 0 Å². The van der Waals surface area contributed by atoms with Crippen molar-refractivity contribution >= 4 is 0 Å². The molecule has 2 bridgehead atoms. The Labute approximate surface area is 106 Å². The quantitative estimate of drug-likeness (QED) is 0.751. The summed E-state index contributed by atoms with van der Waals surface area (Å²) in [4.78, 5) is 2.68. The van der Waals surface area contributed by atoms with E-state index < -0.39 is 0 Å². The van der Waals surface area contributed by atoms with Crippen LogP contribution in [0, 0.1) is 12.3 Å². The monoisotopic (exact) mass is 234 g/mol. The molecule has 2 aliphatic rings. The summed E-state index contributed by atoms with van der Waals surface area (Å²) in [5.74, 6) is 3.04. The molecular weight excluding hydrogens is 208 g/mol. The summed E-state index contributed by atoms with van der Waals surface area (Å²) >= 11 is 0. The second-order valence-electron chi connectivity index (χ2n) is 5.61. The van der Waals surface area contributed by atoms with E-state index in [0.29, 0.717) is 12.1 Å². The fraction of sp³-hybridized carbons (Fsp3) is 0.867. The highest BCUT2D eigenvalue weighted by Gasteiger charge is 2.40. The highest BCUT2D eigenvalue weighted by atomic mass is 15.2. The summed E-state index contributed by atoms with van der Waals surface area (Å²) in [6.07, 6.45) is 14.8. The molecule has 2 rings (SSSR count). The zero-order valence-corrected chi connectivity index (χ0v) is 11.3. The highest BCUT2D eigenvalue weighted by molar-refractivity contribution is 5.07. The lowest BCUT2D eigenvalue weighted by Gasteiger charge is -2.51. The highest BCUT2D eigenvalue weighted by Crippen LogP contribution is 2.36. The van der Waals surface area contributed by atoms with Crippen LogP contribution in [0.4, 0.5) is 0 Å². The maximum absolute atomic E-state index is 5.75. The largest absolute Gasteiger partial charge is 0.317 e. The van der Waals surface area contributed by atoms with E-state index in [1.165, 1.54) is 38.5 Å². The fourth-order valence-corrected chi connectivity index (χ4v) is 3.75. The van der Waals surface area contributed by atoms with Crippen LogP contribution in [0.15, 0.2) is 0 Å². The van der Waals surface area contributed by atoms with Gasteiger partial charge in [0.1, 0.15) is 0 Å². The molecule has 2 nitrogen and oxygen atoms in total. The van der Waals surface area contributed by atoms with Crippen molar-refractivity contribution in [1.29, 1.82) is 0 Å². The first-order valence-electron chi connectivity index (χ1n) is 7.21. The third kappa shape index (κ3) is 2.67. The lowest BCUT2D eigenvalue weighted by molar-refractivity contribution is 0.00490. The number of hydrogen-bond acceptors (Lipinski definition) is 2. The average Bonchev–Trinajstić information content (AvgIpc) is 2.34. The second kappa shape index (κ2) is 5.89. The molecule has 0 saturated carbocycles. The minimum atomic E-state index is 0.383. The van der Waals surface area contributed by atoms with E-state index in [2.05, 4.69) is 30.1 Å². The van der Waals surface area contributed by atoms with Gasteiger partial charge in [-0.15, -0.1) is 6.42 Å². The Morgan fingerprint density at radius 1 is 1.35 bits per heavy atom. The second-order valence-corrected chi connectivity index (χ2v) is 5.61. The smallest absolute Gasteiger partial charge is 0.0716 e. The fourth-order valence-electron chi connectivity index (χ4n) is 3.75. The normalized spacial score (nSPS) is 35.2. The predicted molar refractivity (Wildman–Crippen MR) is 72.9 cm³/mol. The van der Waals surface area contributed by atoms with Gasteiger partial charge >= 0.3 is 0 Å². The maximum atomic E-state index is 5.75. The van der Waals surface area contributed by atoms with Gasteiger partial charge in [-0.05, 0) is 39.2 Å². The van der Waals surface area contributed by atoms with Gasteiger partial charge in [-0.2, -0.15) is 0 Å². The molecule has 2 fully saturated rings. The van der Waals surface area contributed by atoms with Crippen molar-refractivity contribution in [2.75, 3.05) is 7.05 Å². The third-order valence-electron chi connectivity index (χ3n) is 4.55. The molecular formula is C15H26N2. The number of piperidine rings is 2. The Morgan fingerprint density at radius 3 is 2.47 bits per heavy atom. The minimum Gasteiger partial charge on any atom is -0.317 e. The number of terminal acetylenes is 1. The van der Waals surface area contributed by atoms with E-state index in [0.717, 1.165) is 18.5 Å². The summed E-state index contributed by atoms with van der Waals surface area (Å²) in [6, 6.07) is 2.55. The van der Waals surface area contributed by atoms with Gasteiger partial charge in [0.2, 0.25) is 0 Å². The molecule has 0 aromatic heterocycles. The molecule has 1 N–H and O–H groups in total. The van der Waals surface area contributed by atoms with Crippen LogP contribution in [0.3, 0.4) is 0 Å². The number of rotatable bonds is 4.